The molecule has 0 aliphatic rings. The zero-order valence-electron chi connectivity index (χ0n) is 28.4. The Labute approximate surface area is 231 Å². The van der Waals surface area contributed by atoms with Gasteiger partial charge in [-0.15, -0.1) is 0 Å². The van der Waals surface area contributed by atoms with Gasteiger partial charge in [0.05, 0.1) is 11.0 Å². The molecule has 178 valence electrons. The lowest BCUT2D eigenvalue weighted by molar-refractivity contribution is 0.669. The quantitative estimate of drug-likeness (QED) is 0.219. The van der Waals surface area contributed by atoms with Crippen molar-refractivity contribution in [3.05, 3.63) is 133 Å². The lowest BCUT2D eigenvalue weighted by Crippen LogP contribution is -1.90. The molecular weight excluding hydrogens is 460 g/mol. The van der Waals surface area contributed by atoms with Crippen molar-refractivity contribution in [3.8, 4) is 22.3 Å². The molecule has 0 N–H and O–H groups in total. The molecule has 0 aliphatic carbocycles. The van der Waals surface area contributed by atoms with Crippen molar-refractivity contribution in [2.24, 2.45) is 0 Å². The number of rotatable bonds is 2. The van der Waals surface area contributed by atoms with Gasteiger partial charge in [0, 0.05) is 10.8 Å². The fraction of sp³-hybridized carbons (Fsp3) is 0.0270. The molecule has 0 spiro atoms. The number of hydrogen-bond donors (Lipinski definition) is 0. The number of aryl methyl sites for hydroxylation is 1. The van der Waals surface area contributed by atoms with E-state index in [-0.39, 0.29) is 45.7 Å². The van der Waals surface area contributed by atoms with E-state index in [2.05, 4.69) is 12.1 Å². The van der Waals surface area contributed by atoms with E-state index in [1.54, 1.807) is 30.3 Å². The van der Waals surface area contributed by atoms with Gasteiger partial charge in [-0.05, 0) is 79.7 Å². The average Bonchev–Trinajstić information content (AvgIpc) is 3.45. The van der Waals surface area contributed by atoms with Crippen molar-refractivity contribution < 1.29 is 15.4 Å². The SMILES string of the molecule is [2H]c1c([2H])c([2H])c2c(-c3ccc4oc5ccc6cc(C)ccc6c5c4c3)c3c([2H])c([2H])c([2H])c([2H])c3c(-c3ccccc3)c2c1[2H]. The third kappa shape index (κ3) is 3.06. The molecule has 0 saturated carbocycles. The molecule has 1 nitrogen and oxygen atoms in total. The van der Waals surface area contributed by atoms with Crippen LogP contribution in [0.15, 0.2) is 132 Å². The summed E-state index contributed by atoms with van der Waals surface area (Å²) in [6, 6.07) is 21.8. The van der Waals surface area contributed by atoms with Crippen LogP contribution in [0, 0.1) is 6.92 Å². The van der Waals surface area contributed by atoms with Gasteiger partial charge in [-0.3, -0.25) is 0 Å². The third-order valence-electron chi connectivity index (χ3n) is 7.33. The van der Waals surface area contributed by atoms with Crippen LogP contribution in [-0.4, -0.2) is 0 Å². The monoisotopic (exact) mass is 492 g/mol. The first-order chi connectivity index (χ1) is 22.1. The van der Waals surface area contributed by atoms with Crippen LogP contribution in [0.5, 0.6) is 0 Å². The maximum absolute atomic E-state index is 9.16. The molecule has 0 aliphatic heterocycles. The molecule has 0 atom stereocenters. The lowest BCUT2D eigenvalue weighted by Gasteiger charge is -2.17. The second kappa shape index (κ2) is 8.06. The van der Waals surface area contributed by atoms with Crippen molar-refractivity contribution in [1.29, 1.82) is 0 Å². The molecule has 8 rings (SSSR count). The Kier molecular flexibility index (Phi) is 3.13. The van der Waals surface area contributed by atoms with Crippen LogP contribution in [0.2, 0.25) is 0 Å². The van der Waals surface area contributed by atoms with Crippen LogP contribution < -0.4 is 0 Å². The summed E-state index contributed by atoms with van der Waals surface area (Å²) in [5.41, 5.74) is 4.23. The predicted molar refractivity (Wildman–Crippen MR) is 162 cm³/mol. The standard InChI is InChI=1S/C37H24O/c1-23-15-18-27-25(21-23)16-20-34-37(27)32-22-26(17-19-33(32)38-34)36-30-13-7-5-11-28(30)35(24-9-3-2-4-10-24)29-12-6-8-14-31(29)36/h2-22H,1H3/i5D,6D,7D,8D,11D,12D,13D,14D. The molecule has 7 aromatic carbocycles. The molecule has 38 heavy (non-hydrogen) atoms. The summed E-state index contributed by atoms with van der Waals surface area (Å²) in [5, 5.41) is 4.50. The van der Waals surface area contributed by atoms with Crippen molar-refractivity contribution in [2.75, 3.05) is 0 Å². The fourth-order valence-corrected chi connectivity index (χ4v) is 5.69. The van der Waals surface area contributed by atoms with Gasteiger partial charge in [-0.2, -0.15) is 0 Å². The van der Waals surface area contributed by atoms with Crippen molar-refractivity contribution >= 4 is 54.3 Å². The van der Waals surface area contributed by atoms with Crippen LogP contribution in [0.3, 0.4) is 0 Å². The zero-order chi connectivity index (χ0) is 32.2. The lowest BCUT2D eigenvalue weighted by atomic mass is 9.85. The van der Waals surface area contributed by atoms with E-state index >= 15 is 0 Å². The first kappa shape index (κ1) is 14.8. The molecule has 0 bridgehead atoms. The minimum Gasteiger partial charge on any atom is -0.456 e. The summed E-state index contributed by atoms with van der Waals surface area (Å²) < 4.78 is 77.2. The summed E-state index contributed by atoms with van der Waals surface area (Å²) in [7, 11) is 0. The maximum atomic E-state index is 9.16. The van der Waals surface area contributed by atoms with Crippen molar-refractivity contribution in [3.63, 3.8) is 0 Å². The molecular formula is C37H24O. The molecule has 8 aromatic rings. The highest BCUT2D eigenvalue weighted by molar-refractivity contribution is 6.23. The molecule has 1 aromatic heterocycles. The Bertz CT molecular complexity index is 2540. The van der Waals surface area contributed by atoms with Crippen molar-refractivity contribution in [2.45, 2.75) is 6.92 Å². The topological polar surface area (TPSA) is 13.1 Å². The highest BCUT2D eigenvalue weighted by Crippen LogP contribution is 2.45. The number of benzene rings is 7. The van der Waals surface area contributed by atoms with Gasteiger partial charge < -0.3 is 4.42 Å². The first-order valence-electron chi connectivity index (χ1n) is 16.5. The van der Waals surface area contributed by atoms with Crippen LogP contribution in [0.25, 0.3) is 76.5 Å². The van der Waals surface area contributed by atoms with Gasteiger partial charge in [0.2, 0.25) is 0 Å². The maximum Gasteiger partial charge on any atom is 0.136 e. The van der Waals surface area contributed by atoms with Gasteiger partial charge in [0.1, 0.15) is 11.2 Å². The Morgan fingerprint density at radius 2 is 1.16 bits per heavy atom. The summed E-state index contributed by atoms with van der Waals surface area (Å²) in [6.45, 7) is 2.04. The Morgan fingerprint density at radius 3 is 1.84 bits per heavy atom. The van der Waals surface area contributed by atoms with E-state index in [0.717, 1.165) is 27.1 Å². The average molecular weight is 493 g/mol. The molecule has 0 saturated heterocycles. The third-order valence-corrected chi connectivity index (χ3v) is 7.33. The minimum atomic E-state index is -0.422. The number of furan rings is 1. The molecule has 1 heterocycles. The smallest absolute Gasteiger partial charge is 0.136 e. The molecule has 1 heteroatoms. The Morgan fingerprint density at radius 1 is 0.526 bits per heavy atom. The minimum absolute atomic E-state index is 0.190. The van der Waals surface area contributed by atoms with Crippen LogP contribution >= 0.6 is 0 Å². The van der Waals surface area contributed by atoms with E-state index in [0.29, 0.717) is 33.4 Å². The van der Waals surface area contributed by atoms with E-state index in [1.165, 1.54) is 0 Å². The fourth-order valence-electron chi connectivity index (χ4n) is 5.69. The van der Waals surface area contributed by atoms with E-state index in [9.17, 15) is 0 Å². The Hall–Kier alpha value is -4.88. The summed E-state index contributed by atoms with van der Waals surface area (Å²) in [6.07, 6.45) is 0. The zero-order valence-corrected chi connectivity index (χ0v) is 20.4. The highest BCUT2D eigenvalue weighted by Gasteiger charge is 2.18. The summed E-state index contributed by atoms with van der Waals surface area (Å²) in [5.74, 6) is 0. The number of fused-ring (bicyclic) bond motifs is 7. The highest BCUT2D eigenvalue weighted by atomic mass is 16.3. The van der Waals surface area contributed by atoms with Gasteiger partial charge in [-0.1, -0.05) is 115 Å². The summed E-state index contributed by atoms with van der Waals surface area (Å²) in [4.78, 5) is 0. The van der Waals surface area contributed by atoms with E-state index in [1.807, 2.05) is 43.3 Å². The van der Waals surface area contributed by atoms with Crippen LogP contribution in [0.1, 0.15) is 16.5 Å². The van der Waals surface area contributed by atoms with Gasteiger partial charge in [0.15, 0.2) is 0 Å². The normalized spacial score (nSPS) is 14.8. The Balaban J connectivity index is 1.65. The predicted octanol–water partition coefficient (Wildman–Crippen LogP) is 10.7. The van der Waals surface area contributed by atoms with Crippen LogP contribution in [-0.2, 0) is 0 Å². The summed E-state index contributed by atoms with van der Waals surface area (Å²) >= 11 is 0. The second-order valence-electron chi connectivity index (χ2n) is 9.59. The molecule has 0 fully saturated rings. The number of hydrogen-bond acceptors (Lipinski definition) is 1. The van der Waals surface area contributed by atoms with Gasteiger partial charge >= 0.3 is 0 Å². The van der Waals surface area contributed by atoms with E-state index in [4.69, 9.17) is 15.4 Å². The van der Waals surface area contributed by atoms with Crippen LogP contribution in [0.4, 0.5) is 0 Å². The molecule has 0 unspecified atom stereocenters. The first-order valence-corrected chi connectivity index (χ1v) is 12.5. The molecule has 0 radical (unpaired) electrons. The van der Waals surface area contributed by atoms with Gasteiger partial charge in [0.25, 0.3) is 0 Å². The molecule has 0 amide bonds. The van der Waals surface area contributed by atoms with E-state index < -0.39 is 24.2 Å². The largest absolute Gasteiger partial charge is 0.456 e. The second-order valence-corrected chi connectivity index (χ2v) is 9.59. The van der Waals surface area contributed by atoms with Crippen molar-refractivity contribution in [1.82, 2.24) is 0 Å². The van der Waals surface area contributed by atoms with Gasteiger partial charge in [-0.25, -0.2) is 0 Å².